The average Bonchev–Trinajstić information content (AvgIpc) is 3.17. The zero-order valence-electron chi connectivity index (χ0n) is 20.3. The Balaban J connectivity index is 1.89. The highest BCUT2D eigenvalue weighted by atomic mass is 35.5. The van der Waals surface area contributed by atoms with Crippen molar-refractivity contribution in [3.8, 4) is 11.4 Å². The minimum atomic E-state index is -4.54. The van der Waals surface area contributed by atoms with E-state index < -0.39 is 49.4 Å². The Morgan fingerprint density at radius 3 is 2.49 bits per heavy atom. The third kappa shape index (κ3) is 8.29. The predicted molar refractivity (Wildman–Crippen MR) is 140 cm³/mol. The van der Waals surface area contributed by atoms with Crippen LogP contribution in [0.4, 0.5) is 18.0 Å². The normalized spacial score (nSPS) is 12.0. The van der Waals surface area contributed by atoms with Crippen molar-refractivity contribution < 1.29 is 22.8 Å². The van der Waals surface area contributed by atoms with Gasteiger partial charge in [-0.3, -0.25) is 9.36 Å². The fourth-order valence-corrected chi connectivity index (χ4v) is 4.05. The highest BCUT2D eigenvalue weighted by Crippen LogP contribution is 2.30. The first-order valence-electron chi connectivity index (χ1n) is 11.5. The molecule has 0 fully saturated rings. The Hall–Kier alpha value is -3.40. The number of nitrogens with one attached hydrogen (secondary N) is 3. The summed E-state index contributed by atoms with van der Waals surface area (Å²) in [4.78, 5) is 37.9. The number of hydrogen-bond donors (Lipinski definition) is 3. The van der Waals surface area contributed by atoms with Gasteiger partial charge in [0, 0.05) is 19.6 Å². The second kappa shape index (κ2) is 13.1. The maximum absolute atomic E-state index is 13.0. The highest BCUT2D eigenvalue weighted by Gasteiger charge is 2.29. The third-order valence-electron chi connectivity index (χ3n) is 5.29. The van der Waals surface area contributed by atoms with E-state index in [1.54, 1.807) is 25.1 Å². The van der Waals surface area contributed by atoms with E-state index in [2.05, 4.69) is 33.2 Å². The molecule has 39 heavy (non-hydrogen) atoms. The van der Waals surface area contributed by atoms with Crippen LogP contribution in [0.1, 0.15) is 24.9 Å². The number of carbonyl (C=O) groups excluding carboxylic acids is 2. The van der Waals surface area contributed by atoms with Crippen molar-refractivity contribution in [1.29, 1.82) is 0 Å². The van der Waals surface area contributed by atoms with Crippen molar-refractivity contribution >= 4 is 46.7 Å². The maximum Gasteiger partial charge on any atom is 0.390 e. The zero-order valence-corrected chi connectivity index (χ0v) is 22.6. The maximum atomic E-state index is 13.0. The summed E-state index contributed by atoms with van der Waals surface area (Å²) >= 11 is 18.2. The van der Waals surface area contributed by atoms with Gasteiger partial charge in [-0.15, -0.1) is 5.10 Å². The summed E-state index contributed by atoms with van der Waals surface area (Å²) in [5.41, 5.74) is -0.387. The lowest BCUT2D eigenvalue weighted by molar-refractivity contribution is -0.136. The van der Waals surface area contributed by atoms with Gasteiger partial charge in [0.25, 0.3) is 0 Å². The number of rotatable bonds is 10. The molecule has 208 valence electrons. The largest absolute Gasteiger partial charge is 0.390 e. The Morgan fingerprint density at radius 1 is 1.10 bits per heavy atom. The number of carbonyl (C=O) groups is 2. The molecule has 0 saturated carbocycles. The van der Waals surface area contributed by atoms with Crippen LogP contribution in [0, 0.1) is 12.1 Å². The molecule has 3 aromatic rings. The second-order valence-electron chi connectivity index (χ2n) is 8.13. The van der Waals surface area contributed by atoms with Crippen LogP contribution in [0.3, 0.4) is 0 Å². The van der Waals surface area contributed by atoms with Crippen LogP contribution >= 0.6 is 34.8 Å². The zero-order chi connectivity index (χ0) is 28.7. The van der Waals surface area contributed by atoms with Crippen LogP contribution in [0.15, 0.2) is 35.1 Å². The van der Waals surface area contributed by atoms with Gasteiger partial charge in [0.1, 0.15) is 6.54 Å². The minimum absolute atomic E-state index is 0.0899. The number of hydrogen-bond acceptors (Lipinski definition) is 4. The molecule has 0 aliphatic heterocycles. The smallest absolute Gasteiger partial charge is 0.346 e. The first-order valence-corrected chi connectivity index (χ1v) is 12.6. The Morgan fingerprint density at radius 2 is 1.85 bits per heavy atom. The molecule has 9 nitrogen and oxygen atoms in total. The molecule has 3 rings (SSSR count). The van der Waals surface area contributed by atoms with Crippen LogP contribution in [0.5, 0.6) is 0 Å². The van der Waals surface area contributed by atoms with Gasteiger partial charge in [-0.05, 0) is 36.8 Å². The quantitative estimate of drug-likeness (QED) is 0.318. The summed E-state index contributed by atoms with van der Waals surface area (Å²) in [5, 5.41) is 12.5. The number of nitrogens with zero attached hydrogens (tertiary/aromatic N) is 3. The van der Waals surface area contributed by atoms with Gasteiger partial charge < -0.3 is 16.0 Å². The summed E-state index contributed by atoms with van der Waals surface area (Å²) in [6.45, 7) is 0.635. The van der Waals surface area contributed by atoms with E-state index in [4.69, 9.17) is 34.8 Å². The van der Waals surface area contributed by atoms with Gasteiger partial charge >= 0.3 is 17.9 Å². The van der Waals surface area contributed by atoms with Crippen molar-refractivity contribution in [3.05, 3.63) is 73.6 Å². The van der Waals surface area contributed by atoms with Gasteiger partial charge in [0.15, 0.2) is 5.82 Å². The van der Waals surface area contributed by atoms with E-state index in [0.29, 0.717) is 12.1 Å². The van der Waals surface area contributed by atoms with Crippen molar-refractivity contribution in [2.45, 2.75) is 38.7 Å². The lowest BCUT2D eigenvalue weighted by Crippen LogP contribution is -2.43. The van der Waals surface area contributed by atoms with E-state index in [9.17, 15) is 27.6 Å². The van der Waals surface area contributed by atoms with E-state index in [0.717, 1.165) is 9.25 Å². The summed E-state index contributed by atoms with van der Waals surface area (Å²) < 4.78 is 40.3. The fraction of sp³-hybridized carbons (Fsp3) is 0.333. The topological polar surface area (TPSA) is 110 Å². The minimum Gasteiger partial charge on any atom is -0.346 e. The first-order chi connectivity index (χ1) is 18.4. The Bertz CT molecular complexity index is 1380. The Kier molecular flexibility index (Phi) is 10.1. The van der Waals surface area contributed by atoms with Gasteiger partial charge in [-0.1, -0.05) is 53.0 Å². The molecule has 1 aromatic heterocycles. The Labute approximate surface area is 236 Å². The molecule has 1 unspecified atom stereocenters. The van der Waals surface area contributed by atoms with Gasteiger partial charge in [-0.25, -0.2) is 14.3 Å². The molecule has 0 saturated heterocycles. The molecule has 0 bridgehead atoms. The molecule has 0 aliphatic carbocycles. The van der Waals surface area contributed by atoms with Gasteiger partial charge in [0.05, 0.1) is 33.1 Å². The molecule has 0 radical (unpaired) electrons. The molecule has 0 aliphatic rings. The lowest BCUT2D eigenvalue weighted by atomic mass is 10.1. The number of amides is 3. The molecular formula is C24H22Cl3F3N6O3. The van der Waals surface area contributed by atoms with E-state index in [1.165, 1.54) is 12.1 Å². The molecule has 2 aromatic carbocycles. The molecule has 1 heterocycles. The molecule has 1 atom stereocenters. The summed E-state index contributed by atoms with van der Waals surface area (Å²) in [5.74, 6) is -0.869. The second-order valence-corrected chi connectivity index (χ2v) is 9.32. The van der Waals surface area contributed by atoms with E-state index in [1.807, 2.05) is 0 Å². The van der Waals surface area contributed by atoms with Crippen LogP contribution in [0.2, 0.25) is 15.1 Å². The van der Waals surface area contributed by atoms with Gasteiger partial charge in [-0.2, -0.15) is 13.2 Å². The summed E-state index contributed by atoms with van der Waals surface area (Å²) in [7, 11) is 0. The SMILES string of the molecule is CCNC(=O)NCC(NC(=O)Cn1nc(-c2c#cc(Cl)cc2)n(CCC(F)(F)F)c1=O)c1cccc(Cl)c1Cl. The number of alkyl halides is 3. The molecule has 3 N–H and O–H groups in total. The number of halogens is 6. The van der Waals surface area contributed by atoms with Crippen molar-refractivity contribution in [2.24, 2.45) is 0 Å². The first kappa shape index (κ1) is 30.1. The fourth-order valence-electron chi connectivity index (χ4n) is 3.50. The summed E-state index contributed by atoms with van der Waals surface area (Å²) in [6.07, 6.45) is -5.83. The van der Waals surface area contributed by atoms with Crippen LogP contribution in [-0.2, 0) is 17.9 Å². The van der Waals surface area contributed by atoms with Crippen LogP contribution in [0.25, 0.3) is 11.4 Å². The van der Waals surface area contributed by atoms with Crippen LogP contribution in [-0.4, -0.2) is 45.6 Å². The standard InChI is InChI=1S/C24H22Cl3F3N6O3/c1-2-31-22(38)32-12-18(16-4-3-5-17(26)20(16)27)33-19(37)13-36-23(39)35(11-10-24(28,29)30)21(34-36)14-6-8-15(25)9-7-14/h3-6,8,18H,2,10-13H2,1H3,(H,33,37)(H2,31,32,38). The molecule has 3 amide bonds. The van der Waals surface area contributed by atoms with Crippen molar-refractivity contribution in [3.63, 3.8) is 0 Å². The lowest BCUT2D eigenvalue weighted by Gasteiger charge is -2.21. The number of urea groups is 1. The molecule has 15 heteroatoms. The van der Waals surface area contributed by atoms with Crippen LogP contribution < -0.4 is 21.6 Å². The summed E-state index contributed by atoms with van der Waals surface area (Å²) in [6, 6.07) is 11.4. The molecular weight excluding hydrogens is 584 g/mol. The van der Waals surface area contributed by atoms with Crippen molar-refractivity contribution in [1.82, 2.24) is 30.3 Å². The predicted octanol–water partition coefficient (Wildman–Crippen LogP) is 4.40. The molecule has 0 spiro atoms. The van der Waals surface area contributed by atoms with Gasteiger partial charge in [0.2, 0.25) is 5.91 Å². The monoisotopic (exact) mass is 604 g/mol. The van der Waals surface area contributed by atoms with E-state index in [-0.39, 0.29) is 33.0 Å². The highest BCUT2D eigenvalue weighted by molar-refractivity contribution is 6.42. The number of aromatic nitrogens is 3. The average molecular weight is 606 g/mol. The third-order valence-corrected chi connectivity index (χ3v) is 6.34. The van der Waals surface area contributed by atoms with Crippen molar-refractivity contribution in [2.75, 3.05) is 13.1 Å². The number of benzene rings is 1. The van der Waals surface area contributed by atoms with E-state index >= 15 is 0 Å².